The molecule has 0 saturated carbocycles. The van der Waals surface area contributed by atoms with Gasteiger partial charge in [0, 0.05) is 18.8 Å². The van der Waals surface area contributed by atoms with E-state index in [2.05, 4.69) is 4.74 Å². The SMILES string of the molecule is C/C=C1/CC2=C(C(=O)OC2=O)[C@H](CCC)[C@H](O)C(=O)C[C@@H]1O. The lowest BCUT2D eigenvalue weighted by Crippen LogP contribution is -2.34. The molecule has 1 aliphatic heterocycles. The smallest absolute Gasteiger partial charge is 0.342 e. The molecule has 1 aliphatic carbocycles. The maximum absolute atomic E-state index is 12.2. The normalized spacial score (nSPS) is 31.7. The summed E-state index contributed by atoms with van der Waals surface area (Å²) in [4.78, 5) is 36.1. The van der Waals surface area contributed by atoms with Gasteiger partial charge in [-0.1, -0.05) is 19.4 Å². The molecular formula is C16H20O6. The summed E-state index contributed by atoms with van der Waals surface area (Å²) in [6.45, 7) is 3.54. The van der Waals surface area contributed by atoms with Crippen LogP contribution < -0.4 is 0 Å². The third kappa shape index (κ3) is 2.89. The molecule has 120 valence electrons. The Labute approximate surface area is 128 Å². The van der Waals surface area contributed by atoms with E-state index in [1.807, 2.05) is 6.92 Å². The van der Waals surface area contributed by atoms with Crippen molar-refractivity contribution in [2.24, 2.45) is 5.92 Å². The fraction of sp³-hybridized carbons (Fsp3) is 0.562. The van der Waals surface area contributed by atoms with E-state index in [1.165, 1.54) is 0 Å². The van der Waals surface area contributed by atoms with Crippen LogP contribution in [0.1, 0.15) is 39.5 Å². The lowest BCUT2D eigenvalue weighted by Gasteiger charge is -2.21. The van der Waals surface area contributed by atoms with Gasteiger partial charge < -0.3 is 14.9 Å². The Kier molecular flexibility index (Phi) is 4.93. The first-order chi connectivity index (χ1) is 10.4. The molecule has 0 aromatic carbocycles. The zero-order valence-corrected chi connectivity index (χ0v) is 12.7. The van der Waals surface area contributed by atoms with E-state index >= 15 is 0 Å². The molecule has 0 aromatic heterocycles. The summed E-state index contributed by atoms with van der Waals surface area (Å²) >= 11 is 0. The van der Waals surface area contributed by atoms with Gasteiger partial charge in [-0.3, -0.25) is 4.79 Å². The molecule has 0 unspecified atom stereocenters. The van der Waals surface area contributed by atoms with Gasteiger partial charge in [-0.05, 0) is 18.9 Å². The molecule has 0 bridgehead atoms. The minimum Gasteiger partial charge on any atom is -0.388 e. The third-order valence-corrected chi connectivity index (χ3v) is 4.23. The van der Waals surface area contributed by atoms with Gasteiger partial charge >= 0.3 is 11.9 Å². The molecule has 0 fully saturated rings. The number of aliphatic hydroxyl groups excluding tert-OH is 2. The van der Waals surface area contributed by atoms with Crippen LogP contribution in [0.3, 0.4) is 0 Å². The summed E-state index contributed by atoms with van der Waals surface area (Å²) in [5.74, 6) is -2.85. The lowest BCUT2D eigenvalue weighted by atomic mass is 9.84. The monoisotopic (exact) mass is 308 g/mol. The van der Waals surface area contributed by atoms with Crippen LogP contribution in [0.25, 0.3) is 0 Å². The van der Waals surface area contributed by atoms with Crippen molar-refractivity contribution in [2.75, 3.05) is 0 Å². The van der Waals surface area contributed by atoms with Crippen molar-refractivity contribution < 1.29 is 29.3 Å². The molecule has 1 heterocycles. The number of allylic oxidation sites excluding steroid dienone is 1. The molecule has 0 amide bonds. The topological polar surface area (TPSA) is 101 Å². The summed E-state index contributed by atoms with van der Waals surface area (Å²) in [5.41, 5.74) is 0.697. The standard InChI is InChI=1S/C16H20O6/c1-3-5-9-13-10(15(20)22-16(13)21)6-8(4-2)11(17)7-12(18)14(9)19/h4,9,11,14,17,19H,3,5-7H2,1-2H3/b8-4-/t9-,11-,14-/m0/s1. The molecule has 0 radical (unpaired) electrons. The number of cyclic esters (lactones) is 2. The predicted molar refractivity (Wildman–Crippen MR) is 76.5 cm³/mol. The van der Waals surface area contributed by atoms with Gasteiger partial charge in [-0.2, -0.15) is 0 Å². The van der Waals surface area contributed by atoms with Crippen LogP contribution in [0.2, 0.25) is 0 Å². The molecule has 3 atom stereocenters. The van der Waals surface area contributed by atoms with Crippen LogP contribution in [0.4, 0.5) is 0 Å². The van der Waals surface area contributed by atoms with Gasteiger partial charge in [-0.15, -0.1) is 0 Å². The molecule has 6 heteroatoms. The Bertz CT molecular complexity index is 571. The molecule has 2 rings (SSSR count). The highest BCUT2D eigenvalue weighted by atomic mass is 16.6. The molecule has 22 heavy (non-hydrogen) atoms. The average molecular weight is 308 g/mol. The van der Waals surface area contributed by atoms with E-state index in [-0.39, 0.29) is 24.0 Å². The number of ketones is 1. The second-order valence-electron chi connectivity index (χ2n) is 5.64. The van der Waals surface area contributed by atoms with E-state index in [9.17, 15) is 24.6 Å². The predicted octanol–water partition coefficient (Wildman–Crippen LogP) is 0.814. The van der Waals surface area contributed by atoms with Gasteiger partial charge in [0.15, 0.2) is 5.78 Å². The molecule has 0 aromatic rings. The van der Waals surface area contributed by atoms with Crippen LogP contribution in [0, 0.1) is 5.92 Å². The van der Waals surface area contributed by atoms with E-state index < -0.39 is 35.8 Å². The zero-order chi connectivity index (χ0) is 16.4. The number of carbonyl (C=O) groups excluding carboxylic acids is 3. The second kappa shape index (κ2) is 6.54. The van der Waals surface area contributed by atoms with Crippen molar-refractivity contribution in [1.82, 2.24) is 0 Å². The number of hydrogen-bond donors (Lipinski definition) is 2. The Morgan fingerprint density at radius 2 is 1.91 bits per heavy atom. The Hall–Kier alpha value is -1.79. The molecule has 0 spiro atoms. The fourth-order valence-corrected chi connectivity index (χ4v) is 3.03. The highest BCUT2D eigenvalue weighted by Gasteiger charge is 2.43. The quantitative estimate of drug-likeness (QED) is 0.445. The third-order valence-electron chi connectivity index (χ3n) is 4.23. The average Bonchev–Trinajstić information content (AvgIpc) is 2.75. The maximum Gasteiger partial charge on any atom is 0.342 e. The number of esters is 2. The summed E-state index contributed by atoms with van der Waals surface area (Å²) < 4.78 is 4.67. The van der Waals surface area contributed by atoms with Crippen molar-refractivity contribution >= 4 is 17.7 Å². The van der Waals surface area contributed by atoms with Crippen LogP contribution in [0.15, 0.2) is 22.8 Å². The zero-order valence-electron chi connectivity index (χ0n) is 12.7. The second-order valence-corrected chi connectivity index (χ2v) is 5.64. The van der Waals surface area contributed by atoms with E-state index in [0.717, 1.165) is 0 Å². The van der Waals surface area contributed by atoms with Crippen molar-refractivity contribution in [3.8, 4) is 0 Å². The van der Waals surface area contributed by atoms with Crippen molar-refractivity contribution in [3.63, 3.8) is 0 Å². The number of carbonyl (C=O) groups is 3. The first kappa shape index (κ1) is 16.6. The first-order valence-corrected chi connectivity index (χ1v) is 7.44. The van der Waals surface area contributed by atoms with Crippen LogP contribution >= 0.6 is 0 Å². The van der Waals surface area contributed by atoms with Crippen LogP contribution in [-0.2, 0) is 19.1 Å². The van der Waals surface area contributed by atoms with Gasteiger partial charge in [0.05, 0.1) is 17.3 Å². The number of hydrogen-bond acceptors (Lipinski definition) is 6. The summed E-state index contributed by atoms with van der Waals surface area (Å²) in [6.07, 6.45) is -0.0470. The Morgan fingerprint density at radius 3 is 2.50 bits per heavy atom. The highest BCUT2D eigenvalue weighted by molar-refractivity contribution is 6.13. The van der Waals surface area contributed by atoms with E-state index in [4.69, 9.17) is 0 Å². The lowest BCUT2D eigenvalue weighted by molar-refractivity contribution is -0.151. The summed E-state index contributed by atoms with van der Waals surface area (Å²) in [5, 5.41) is 20.4. The molecular weight excluding hydrogens is 288 g/mol. The van der Waals surface area contributed by atoms with Gasteiger partial charge in [0.25, 0.3) is 0 Å². The molecule has 2 aliphatic rings. The number of rotatable bonds is 2. The Morgan fingerprint density at radius 1 is 1.23 bits per heavy atom. The molecule has 2 N–H and O–H groups in total. The van der Waals surface area contributed by atoms with Crippen LogP contribution in [0.5, 0.6) is 0 Å². The van der Waals surface area contributed by atoms with E-state index in [1.54, 1.807) is 13.0 Å². The van der Waals surface area contributed by atoms with Gasteiger partial charge in [-0.25, -0.2) is 9.59 Å². The largest absolute Gasteiger partial charge is 0.388 e. The minimum absolute atomic E-state index is 0.0534. The first-order valence-electron chi connectivity index (χ1n) is 7.44. The van der Waals surface area contributed by atoms with Crippen molar-refractivity contribution in [2.45, 2.75) is 51.7 Å². The number of Topliss-reactive ketones (excluding diaryl/α,β-unsaturated/α-hetero) is 1. The van der Waals surface area contributed by atoms with Gasteiger partial charge in [0.2, 0.25) is 0 Å². The van der Waals surface area contributed by atoms with E-state index in [0.29, 0.717) is 18.4 Å². The summed E-state index contributed by atoms with van der Waals surface area (Å²) in [6, 6.07) is 0. The molecule has 6 nitrogen and oxygen atoms in total. The maximum atomic E-state index is 12.2. The fourth-order valence-electron chi connectivity index (χ4n) is 3.03. The summed E-state index contributed by atoms with van der Waals surface area (Å²) in [7, 11) is 0. The highest BCUT2D eigenvalue weighted by Crippen LogP contribution is 2.36. The van der Waals surface area contributed by atoms with Crippen LogP contribution in [-0.4, -0.2) is 40.1 Å². The van der Waals surface area contributed by atoms with Gasteiger partial charge in [0.1, 0.15) is 6.10 Å². The molecule has 0 saturated heterocycles. The number of aliphatic hydroxyl groups is 2. The Balaban J connectivity index is 2.58. The number of ether oxygens (including phenoxy) is 1. The van der Waals surface area contributed by atoms with Crippen molar-refractivity contribution in [1.29, 1.82) is 0 Å². The van der Waals surface area contributed by atoms with Crippen molar-refractivity contribution in [3.05, 3.63) is 22.8 Å². The minimum atomic E-state index is -1.42.